The molecule has 2 heterocycles. The van der Waals surface area contributed by atoms with Gasteiger partial charge in [0.1, 0.15) is 0 Å². The molecular weight excluding hydrogens is 256 g/mol. The van der Waals surface area contributed by atoms with Gasteiger partial charge in [-0.25, -0.2) is 4.52 Å². The molecule has 2 aromatic rings. The van der Waals surface area contributed by atoms with Crippen LogP contribution in [-0.4, -0.2) is 31.6 Å². The highest BCUT2D eigenvalue weighted by Gasteiger charge is 2.27. The molecule has 0 radical (unpaired) electrons. The van der Waals surface area contributed by atoms with Gasteiger partial charge in [-0.15, -0.1) is 5.10 Å². The molecule has 2 unspecified atom stereocenters. The number of rotatable bonds is 4. The predicted octanol–water partition coefficient (Wildman–Crippen LogP) is 3.12. The smallest absolute Gasteiger partial charge is 0.243 e. The Morgan fingerprint density at radius 1 is 1.47 bits per heavy atom. The van der Waals surface area contributed by atoms with E-state index in [0.29, 0.717) is 11.3 Å². The molecule has 0 aliphatic heterocycles. The molecule has 3 rings (SSSR count). The number of thioether (sulfide) groups is 1. The van der Waals surface area contributed by atoms with E-state index in [1.54, 1.807) is 0 Å². The van der Waals surface area contributed by atoms with E-state index in [0.717, 1.165) is 11.6 Å². The van der Waals surface area contributed by atoms with Crippen LogP contribution in [0.4, 0.5) is 5.95 Å². The van der Waals surface area contributed by atoms with E-state index in [-0.39, 0.29) is 0 Å². The van der Waals surface area contributed by atoms with Crippen LogP contribution in [0.5, 0.6) is 0 Å². The Morgan fingerprint density at radius 3 is 3.21 bits per heavy atom. The zero-order valence-electron chi connectivity index (χ0n) is 11.5. The fraction of sp³-hybridized carbons (Fsp3) is 0.571. The molecule has 0 amide bonds. The van der Waals surface area contributed by atoms with E-state index >= 15 is 0 Å². The second kappa shape index (κ2) is 5.41. The standard InChI is InChI=1S/C14H20N4S/c1-3-19-12-6-4-5-11(12)15-14-16-13-9-10(2)7-8-18(13)17-14/h7-9,11-12H,3-6H2,1-2H3,(H,15,17). The first kappa shape index (κ1) is 12.8. The molecule has 0 saturated heterocycles. The van der Waals surface area contributed by atoms with Crippen LogP contribution in [-0.2, 0) is 0 Å². The van der Waals surface area contributed by atoms with Gasteiger partial charge < -0.3 is 5.32 Å². The predicted molar refractivity (Wildman–Crippen MR) is 80.9 cm³/mol. The lowest BCUT2D eigenvalue weighted by molar-refractivity contribution is 0.754. The number of aromatic nitrogens is 3. The lowest BCUT2D eigenvalue weighted by atomic mass is 10.2. The van der Waals surface area contributed by atoms with E-state index in [1.165, 1.54) is 30.6 Å². The normalized spacial score (nSPS) is 23.1. The minimum Gasteiger partial charge on any atom is -0.349 e. The average molecular weight is 276 g/mol. The van der Waals surface area contributed by atoms with Gasteiger partial charge in [-0.2, -0.15) is 16.7 Å². The summed E-state index contributed by atoms with van der Waals surface area (Å²) in [6, 6.07) is 4.63. The van der Waals surface area contributed by atoms with Gasteiger partial charge in [-0.3, -0.25) is 0 Å². The third-order valence-electron chi connectivity index (χ3n) is 3.64. The summed E-state index contributed by atoms with van der Waals surface area (Å²) in [6.45, 7) is 4.30. The number of anilines is 1. The molecule has 0 bridgehead atoms. The molecule has 0 aromatic carbocycles. The van der Waals surface area contributed by atoms with Gasteiger partial charge in [-0.05, 0) is 43.2 Å². The Kier molecular flexibility index (Phi) is 3.64. The van der Waals surface area contributed by atoms with Gasteiger partial charge in [0.25, 0.3) is 0 Å². The second-order valence-corrected chi connectivity index (χ2v) is 6.63. The van der Waals surface area contributed by atoms with Crippen LogP contribution in [0, 0.1) is 6.92 Å². The van der Waals surface area contributed by atoms with Crippen LogP contribution in [0.2, 0.25) is 0 Å². The van der Waals surface area contributed by atoms with Gasteiger partial charge >= 0.3 is 0 Å². The van der Waals surface area contributed by atoms with Crippen molar-refractivity contribution in [1.29, 1.82) is 0 Å². The van der Waals surface area contributed by atoms with E-state index in [2.05, 4.69) is 53.1 Å². The van der Waals surface area contributed by atoms with Gasteiger partial charge in [0.05, 0.1) is 0 Å². The van der Waals surface area contributed by atoms with Gasteiger partial charge in [0.15, 0.2) is 5.65 Å². The van der Waals surface area contributed by atoms with Gasteiger partial charge in [0, 0.05) is 17.5 Å². The van der Waals surface area contributed by atoms with Crippen molar-refractivity contribution in [2.45, 2.75) is 44.4 Å². The molecular formula is C14H20N4S. The largest absolute Gasteiger partial charge is 0.349 e. The number of hydrogen-bond acceptors (Lipinski definition) is 4. The van der Waals surface area contributed by atoms with Gasteiger partial charge in [-0.1, -0.05) is 13.3 Å². The van der Waals surface area contributed by atoms with Gasteiger partial charge in [0.2, 0.25) is 5.95 Å². The van der Waals surface area contributed by atoms with Crippen LogP contribution in [0.3, 0.4) is 0 Å². The van der Waals surface area contributed by atoms with E-state index in [1.807, 2.05) is 10.7 Å². The summed E-state index contributed by atoms with van der Waals surface area (Å²) in [5.41, 5.74) is 2.13. The monoisotopic (exact) mass is 276 g/mol. The highest BCUT2D eigenvalue weighted by atomic mass is 32.2. The number of nitrogens with zero attached hydrogens (tertiary/aromatic N) is 3. The van der Waals surface area contributed by atoms with Crippen molar-refractivity contribution in [1.82, 2.24) is 14.6 Å². The minimum atomic E-state index is 0.517. The Morgan fingerprint density at radius 2 is 2.37 bits per heavy atom. The summed E-state index contributed by atoms with van der Waals surface area (Å²) >= 11 is 2.05. The summed E-state index contributed by atoms with van der Waals surface area (Å²) in [7, 11) is 0. The Bertz CT molecular complexity index is 566. The molecule has 0 spiro atoms. The Labute approximate surface area is 118 Å². The first-order chi connectivity index (χ1) is 9.26. The molecule has 2 atom stereocenters. The SMILES string of the molecule is CCSC1CCCC1Nc1nc2cc(C)ccn2n1. The van der Waals surface area contributed by atoms with Crippen LogP contribution >= 0.6 is 11.8 Å². The summed E-state index contributed by atoms with van der Waals surface area (Å²) in [4.78, 5) is 4.56. The first-order valence-electron chi connectivity index (χ1n) is 6.97. The van der Waals surface area contributed by atoms with Crippen LogP contribution in [0.1, 0.15) is 31.7 Å². The maximum Gasteiger partial charge on any atom is 0.243 e. The van der Waals surface area contributed by atoms with Crippen molar-refractivity contribution in [2.24, 2.45) is 0 Å². The van der Waals surface area contributed by atoms with Crippen molar-refractivity contribution >= 4 is 23.4 Å². The third-order valence-corrected chi connectivity index (χ3v) is 4.97. The topological polar surface area (TPSA) is 42.2 Å². The molecule has 102 valence electrons. The van der Waals surface area contributed by atoms with E-state index in [4.69, 9.17) is 0 Å². The molecule has 19 heavy (non-hydrogen) atoms. The highest BCUT2D eigenvalue weighted by molar-refractivity contribution is 7.99. The van der Waals surface area contributed by atoms with Crippen molar-refractivity contribution in [2.75, 3.05) is 11.1 Å². The van der Waals surface area contributed by atoms with Crippen LogP contribution in [0.25, 0.3) is 5.65 Å². The number of aryl methyl sites for hydroxylation is 1. The fourth-order valence-corrected chi connectivity index (χ4v) is 3.91. The molecule has 1 saturated carbocycles. The zero-order valence-corrected chi connectivity index (χ0v) is 12.3. The fourth-order valence-electron chi connectivity index (χ4n) is 2.72. The van der Waals surface area contributed by atoms with Crippen molar-refractivity contribution in [3.05, 3.63) is 23.9 Å². The van der Waals surface area contributed by atoms with Crippen molar-refractivity contribution < 1.29 is 0 Å². The summed E-state index contributed by atoms with van der Waals surface area (Å²) in [5, 5.41) is 8.72. The zero-order chi connectivity index (χ0) is 13.2. The first-order valence-corrected chi connectivity index (χ1v) is 8.02. The van der Waals surface area contributed by atoms with Crippen molar-refractivity contribution in [3.8, 4) is 0 Å². The van der Waals surface area contributed by atoms with Crippen LogP contribution in [0.15, 0.2) is 18.3 Å². The second-order valence-electron chi connectivity index (χ2n) is 5.12. The molecule has 1 aliphatic rings. The molecule has 5 heteroatoms. The molecule has 4 nitrogen and oxygen atoms in total. The Balaban J connectivity index is 1.77. The molecule has 1 N–H and O–H groups in total. The highest BCUT2D eigenvalue weighted by Crippen LogP contribution is 2.31. The minimum absolute atomic E-state index is 0.517. The lowest BCUT2D eigenvalue weighted by Gasteiger charge is -2.18. The number of hydrogen-bond donors (Lipinski definition) is 1. The third kappa shape index (κ3) is 2.71. The Hall–Kier alpha value is -1.23. The summed E-state index contributed by atoms with van der Waals surface area (Å²) < 4.78 is 1.84. The number of fused-ring (bicyclic) bond motifs is 1. The lowest BCUT2D eigenvalue weighted by Crippen LogP contribution is -2.26. The average Bonchev–Trinajstić information content (AvgIpc) is 2.97. The maximum atomic E-state index is 4.56. The summed E-state index contributed by atoms with van der Waals surface area (Å²) in [5.74, 6) is 1.94. The molecule has 1 aliphatic carbocycles. The number of nitrogens with one attached hydrogen (secondary N) is 1. The number of pyridine rings is 1. The van der Waals surface area contributed by atoms with E-state index < -0.39 is 0 Å². The summed E-state index contributed by atoms with van der Waals surface area (Å²) in [6.07, 6.45) is 5.81. The quantitative estimate of drug-likeness (QED) is 0.931. The molecule has 2 aromatic heterocycles. The van der Waals surface area contributed by atoms with Crippen molar-refractivity contribution in [3.63, 3.8) is 0 Å². The molecule has 1 fully saturated rings. The van der Waals surface area contributed by atoms with Crippen LogP contribution < -0.4 is 5.32 Å². The maximum absolute atomic E-state index is 4.56. The van der Waals surface area contributed by atoms with E-state index in [9.17, 15) is 0 Å².